The molecule has 0 amide bonds. The summed E-state index contributed by atoms with van der Waals surface area (Å²) in [5.41, 5.74) is 8.48. The second kappa shape index (κ2) is 16.4. The monoisotopic (exact) mass is 784 g/mol. The predicted octanol–water partition coefficient (Wildman–Crippen LogP) is 11.8. The van der Waals surface area contributed by atoms with Crippen LogP contribution in [0, 0.1) is 32.1 Å². The van der Waals surface area contributed by atoms with Crippen molar-refractivity contribution in [2.45, 2.75) is 85.6 Å². The van der Waals surface area contributed by atoms with E-state index in [4.69, 9.17) is 9.73 Å². The maximum Gasteiger partial charge on any atom is 0.159 e. The molecule has 4 aromatic rings. The number of benzene rings is 3. The SMILES string of the molecule is CC(C)CC(=O)/C=C(\O)CC(C)C.Cc1cc(C2[N-]C=C(C3CCCCC3)c3ccccc32)c2oc3ccccc3c2c1.[CH3-].[Ir]. The van der Waals surface area contributed by atoms with Crippen LogP contribution in [-0.4, -0.2) is 10.9 Å². The Bertz CT molecular complexity index is 1640. The zero-order valence-electron chi connectivity index (χ0n) is 27.7. The third kappa shape index (κ3) is 8.77. The summed E-state index contributed by atoms with van der Waals surface area (Å²) in [7, 11) is 0. The van der Waals surface area contributed by atoms with E-state index in [1.165, 1.54) is 76.8 Å². The molecule has 1 N–H and O–H groups in total. The molecule has 1 fully saturated rings. The molecule has 0 bridgehead atoms. The van der Waals surface area contributed by atoms with E-state index < -0.39 is 0 Å². The number of carbonyl (C=O) groups excluding carboxylic acids is 1. The fourth-order valence-corrected chi connectivity index (χ4v) is 6.62. The maximum atomic E-state index is 11.2. The number of hydrogen-bond acceptors (Lipinski definition) is 3. The first-order chi connectivity index (χ1) is 20.7. The van der Waals surface area contributed by atoms with Crippen molar-refractivity contribution in [3.63, 3.8) is 0 Å². The van der Waals surface area contributed by atoms with Crippen molar-refractivity contribution < 1.29 is 34.4 Å². The maximum absolute atomic E-state index is 11.2. The minimum atomic E-state index is -0.0171. The summed E-state index contributed by atoms with van der Waals surface area (Å²) in [5, 5.41) is 16.9. The van der Waals surface area contributed by atoms with E-state index in [0.29, 0.717) is 30.6 Å². The molecule has 1 aromatic heterocycles. The summed E-state index contributed by atoms with van der Waals surface area (Å²) in [5.74, 6) is 1.63. The van der Waals surface area contributed by atoms with Crippen molar-refractivity contribution in [1.82, 2.24) is 0 Å². The average molecular weight is 784 g/mol. The van der Waals surface area contributed by atoms with Crippen LogP contribution in [0.15, 0.2) is 83.1 Å². The number of aliphatic hydroxyl groups excluding tert-OH is 1. The van der Waals surface area contributed by atoms with Crippen molar-refractivity contribution in [3.05, 3.63) is 114 Å². The molecule has 0 spiro atoms. The summed E-state index contributed by atoms with van der Waals surface area (Å²) in [4.78, 5) is 11.2. The van der Waals surface area contributed by atoms with Gasteiger partial charge in [-0.25, -0.2) is 0 Å². The molecule has 0 saturated heterocycles. The van der Waals surface area contributed by atoms with Gasteiger partial charge in [-0.1, -0.05) is 118 Å². The molecule has 2 aliphatic rings. The van der Waals surface area contributed by atoms with Crippen molar-refractivity contribution >= 4 is 33.3 Å². The van der Waals surface area contributed by atoms with E-state index in [-0.39, 0.29) is 45.1 Å². The summed E-state index contributed by atoms with van der Waals surface area (Å²) in [6.45, 7) is 10.2. The van der Waals surface area contributed by atoms with Crippen LogP contribution >= 0.6 is 0 Å². The number of nitrogens with zero attached hydrogens (tertiary/aromatic N) is 1. The van der Waals surface area contributed by atoms with E-state index in [1.807, 2.05) is 33.8 Å². The minimum absolute atomic E-state index is 0. The van der Waals surface area contributed by atoms with Crippen molar-refractivity contribution in [2.75, 3.05) is 0 Å². The number of aryl methyl sites for hydroxylation is 1. The Morgan fingerprint density at radius 1 is 0.911 bits per heavy atom. The number of hydrogen-bond donors (Lipinski definition) is 1. The Balaban J connectivity index is 0.000000318. The molecular formula is C40H49IrNO3-2. The fraction of sp³-hybridized carbons (Fsp3) is 0.400. The van der Waals surface area contributed by atoms with Crippen molar-refractivity contribution in [3.8, 4) is 0 Å². The van der Waals surface area contributed by atoms with Gasteiger partial charge in [0.05, 0.1) is 5.76 Å². The molecule has 5 heteroatoms. The Labute approximate surface area is 283 Å². The van der Waals surface area contributed by atoms with Gasteiger partial charge in [0.2, 0.25) is 0 Å². The van der Waals surface area contributed by atoms with E-state index >= 15 is 0 Å². The van der Waals surface area contributed by atoms with Gasteiger partial charge in [-0.3, -0.25) is 4.79 Å². The molecule has 2 heterocycles. The van der Waals surface area contributed by atoms with Gasteiger partial charge in [0.25, 0.3) is 0 Å². The molecular weight excluding hydrogens is 735 g/mol. The molecule has 4 nitrogen and oxygen atoms in total. The molecule has 1 atom stereocenters. The van der Waals surface area contributed by atoms with E-state index in [9.17, 15) is 9.90 Å². The van der Waals surface area contributed by atoms with Gasteiger partial charge in [0.1, 0.15) is 11.2 Å². The molecule has 1 unspecified atom stereocenters. The number of allylic oxidation sites excluding steroid dienone is 3. The van der Waals surface area contributed by atoms with Gasteiger partial charge >= 0.3 is 0 Å². The van der Waals surface area contributed by atoms with Crippen LogP contribution in [0.3, 0.4) is 0 Å². The van der Waals surface area contributed by atoms with Gasteiger partial charge in [0.15, 0.2) is 5.78 Å². The summed E-state index contributed by atoms with van der Waals surface area (Å²) >= 11 is 0. The first kappa shape index (κ1) is 36.3. The number of carbonyl (C=O) groups is 1. The second-order valence-corrected chi connectivity index (χ2v) is 13.2. The minimum Gasteiger partial charge on any atom is -0.680 e. The van der Waals surface area contributed by atoms with Crippen LogP contribution in [0.1, 0.15) is 101 Å². The standard InChI is InChI=1S/C28H26NO.C11H20O2.CH3.Ir/c1-18-15-23-21-12-7-8-14-26(21)30-28(23)24(16-18)27-22-13-6-5-11-20(22)25(17-29-27)19-9-3-2-4-10-19;1-8(2)5-10(12)7-11(13)6-9(3)4;;/h5-8,11-17,19,27H,2-4,9-10H2,1H3;7-9,12H,5-6H2,1-4H3;1H3;/q-1;;-1;/b;10-7-;;. The van der Waals surface area contributed by atoms with Crippen LogP contribution < -0.4 is 0 Å². The first-order valence-electron chi connectivity index (χ1n) is 16.0. The molecule has 3 aromatic carbocycles. The van der Waals surface area contributed by atoms with Crippen LogP contribution in [-0.2, 0) is 24.9 Å². The van der Waals surface area contributed by atoms with Crippen molar-refractivity contribution in [1.29, 1.82) is 0 Å². The first-order valence-corrected chi connectivity index (χ1v) is 16.0. The predicted molar refractivity (Wildman–Crippen MR) is 186 cm³/mol. The molecule has 1 aliphatic carbocycles. The number of ketones is 1. The largest absolute Gasteiger partial charge is 0.680 e. The summed E-state index contributed by atoms with van der Waals surface area (Å²) in [6.07, 6.45) is 11.3. The molecule has 1 radical (unpaired) electrons. The topological polar surface area (TPSA) is 64.5 Å². The smallest absolute Gasteiger partial charge is 0.159 e. The quantitative estimate of drug-likeness (QED) is 0.115. The van der Waals surface area contributed by atoms with E-state index in [1.54, 1.807) is 0 Å². The number of aliphatic hydroxyl groups is 1. The number of para-hydroxylation sites is 1. The molecule has 6 rings (SSSR count). The van der Waals surface area contributed by atoms with Gasteiger partial charge in [-0.15, -0.1) is 0 Å². The fourth-order valence-electron chi connectivity index (χ4n) is 6.62. The Morgan fingerprint density at radius 2 is 1.58 bits per heavy atom. The zero-order chi connectivity index (χ0) is 30.5. The van der Waals surface area contributed by atoms with Crippen LogP contribution in [0.25, 0.3) is 32.8 Å². The normalized spacial score (nSPS) is 16.6. The van der Waals surface area contributed by atoms with Crippen molar-refractivity contribution in [2.24, 2.45) is 17.8 Å². The Morgan fingerprint density at radius 3 is 2.29 bits per heavy atom. The molecule has 243 valence electrons. The zero-order valence-corrected chi connectivity index (χ0v) is 30.1. The van der Waals surface area contributed by atoms with Gasteiger partial charge in [0, 0.05) is 49.8 Å². The third-order valence-corrected chi connectivity index (χ3v) is 8.47. The van der Waals surface area contributed by atoms with Gasteiger partial charge < -0.3 is 22.3 Å². The van der Waals surface area contributed by atoms with Gasteiger partial charge in [-0.2, -0.15) is 6.20 Å². The average Bonchev–Trinajstić information content (AvgIpc) is 3.34. The molecule has 1 saturated carbocycles. The second-order valence-electron chi connectivity index (χ2n) is 13.2. The molecule has 1 aliphatic heterocycles. The molecule has 45 heavy (non-hydrogen) atoms. The Kier molecular flexibility index (Phi) is 13.3. The third-order valence-electron chi connectivity index (χ3n) is 8.47. The van der Waals surface area contributed by atoms with Crippen LogP contribution in [0.5, 0.6) is 0 Å². The number of furan rings is 1. The van der Waals surface area contributed by atoms with E-state index in [2.05, 4.69) is 67.7 Å². The van der Waals surface area contributed by atoms with Crippen LogP contribution in [0.2, 0.25) is 0 Å². The number of fused-ring (bicyclic) bond motifs is 4. The Hall–Kier alpha value is -3.14. The number of rotatable bonds is 7. The summed E-state index contributed by atoms with van der Waals surface area (Å²) < 4.78 is 6.37. The van der Waals surface area contributed by atoms with Crippen LogP contribution in [0.4, 0.5) is 0 Å². The van der Waals surface area contributed by atoms with Gasteiger partial charge in [-0.05, 0) is 60.8 Å². The van der Waals surface area contributed by atoms with E-state index in [0.717, 1.165) is 11.2 Å². The summed E-state index contributed by atoms with van der Waals surface area (Å²) in [6, 6.07) is 21.7.